The number of benzene rings is 2. The summed E-state index contributed by atoms with van der Waals surface area (Å²) < 4.78 is 11.5. The molecule has 0 bridgehead atoms. The van der Waals surface area contributed by atoms with Crippen LogP contribution in [-0.2, 0) is 11.2 Å². The van der Waals surface area contributed by atoms with Crippen LogP contribution in [0.25, 0.3) is 0 Å². The second-order valence-electron chi connectivity index (χ2n) is 8.59. The largest absolute Gasteiger partial charge is 0.491 e. The Hall–Kier alpha value is -2.49. The van der Waals surface area contributed by atoms with Gasteiger partial charge in [0.05, 0.1) is 6.04 Å². The SMILES string of the molecule is Cc1ccc(Cc2ccc(OCC3CCCN3C(=O)OC(C)(C)C)cc2)cc1. The molecule has 28 heavy (non-hydrogen) atoms. The van der Waals surface area contributed by atoms with Crippen molar-refractivity contribution in [1.29, 1.82) is 0 Å². The Labute approximate surface area is 168 Å². The lowest BCUT2D eigenvalue weighted by atomic mass is 10.0. The first kappa shape index (κ1) is 20.2. The maximum atomic E-state index is 12.4. The van der Waals surface area contributed by atoms with Gasteiger partial charge in [0.2, 0.25) is 0 Å². The number of rotatable bonds is 5. The number of hydrogen-bond acceptors (Lipinski definition) is 3. The molecule has 0 aromatic heterocycles. The van der Waals surface area contributed by atoms with Crippen LogP contribution in [0.2, 0.25) is 0 Å². The van der Waals surface area contributed by atoms with E-state index in [2.05, 4.69) is 43.3 Å². The number of likely N-dealkylation sites (tertiary alicyclic amines) is 1. The van der Waals surface area contributed by atoms with E-state index in [0.29, 0.717) is 6.61 Å². The predicted molar refractivity (Wildman–Crippen MR) is 112 cm³/mol. The molecular formula is C24H31NO3. The molecule has 1 amide bonds. The van der Waals surface area contributed by atoms with Crippen LogP contribution in [0.1, 0.15) is 50.3 Å². The summed E-state index contributed by atoms with van der Waals surface area (Å²) in [7, 11) is 0. The van der Waals surface area contributed by atoms with Gasteiger partial charge in [0, 0.05) is 6.54 Å². The Morgan fingerprint density at radius 2 is 1.64 bits per heavy atom. The Kier molecular flexibility index (Phi) is 6.28. The first-order valence-corrected chi connectivity index (χ1v) is 10.1. The first-order chi connectivity index (χ1) is 13.3. The Bertz CT molecular complexity index is 775. The van der Waals surface area contributed by atoms with Gasteiger partial charge in [0.25, 0.3) is 0 Å². The molecule has 2 aromatic carbocycles. The average molecular weight is 382 g/mol. The van der Waals surface area contributed by atoms with Gasteiger partial charge in [-0.2, -0.15) is 0 Å². The van der Waals surface area contributed by atoms with E-state index in [9.17, 15) is 4.79 Å². The zero-order chi connectivity index (χ0) is 20.1. The summed E-state index contributed by atoms with van der Waals surface area (Å²) >= 11 is 0. The van der Waals surface area contributed by atoms with Crippen LogP contribution in [0.15, 0.2) is 48.5 Å². The molecule has 0 spiro atoms. The molecule has 4 nitrogen and oxygen atoms in total. The maximum Gasteiger partial charge on any atom is 0.410 e. The van der Waals surface area contributed by atoms with E-state index in [0.717, 1.165) is 31.6 Å². The fraction of sp³-hybridized carbons (Fsp3) is 0.458. The van der Waals surface area contributed by atoms with E-state index >= 15 is 0 Å². The summed E-state index contributed by atoms with van der Waals surface area (Å²) in [6.45, 7) is 9.01. The van der Waals surface area contributed by atoms with Crippen LogP contribution in [0.5, 0.6) is 5.75 Å². The van der Waals surface area contributed by atoms with E-state index in [-0.39, 0.29) is 12.1 Å². The van der Waals surface area contributed by atoms with Crippen LogP contribution in [0.4, 0.5) is 4.79 Å². The number of nitrogens with zero attached hydrogens (tertiary/aromatic N) is 1. The van der Waals surface area contributed by atoms with Gasteiger partial charge in [-0.1, -0.05) is 42.0 Å². The fourth-order valence-corrected chi connectivity index (χ4v) is 3.41. The lowest BCUT2D eigenvalue weighted by molar-refractivity contribution is 0.0187. The normalized spacial score (nSPS) is 16.9. The molecule has 1 aliphatic heterocycles. The molecule has 1 unspecified atom stereocenters. The quantitative estimate of drug-likeness (QED) is 0.699. The molecule has 150 valence electrons. The van der Waals surface area contributed by atoms with Crippen molar-refractivity contribution >= 4 is 6.09 Å². The minimum absolute atomic E-state index is 0.0714. The van der Waals surface area contributed by atoms with Gasteiger partial charge in [0.1, 0.15) is 18.0 Å². The number of amides is 1. The number of carbonyl (C=O) groups excluding carboxylic acids is 1. The van der Waals surface area contributed by atoms with Crippen LogP contribution in [0.3, 0.4) is 0 Å². The van der Waals surface area contributed by atoms with Crippen molar-refractivity contribution in [3.8, 4) is 5.75 Å². The van der Waals surface area contributed by atoms with Crippen molar-refractivity contribution < 1.29 is 14.3 Å². The minimum atomic E-state index is -0.474. The van der Waals surface area contributed by atoms with Crippen molar-refractivity contribution in [3.05, 3.63) is 65.2 Å². The molecular weight excluding hydrogens is 350 g/mol. The zero-order valence-corrected chi connectivity index (χ0v) is 17.4. The smallest absolute Gasteiger partial charge is 0.410 e. The first-order valence-electron chi connectivity index (χ1n) is 10.1. The molecule has 1 atom stereocenters. The predicted octanol–water partition coefficient (Wildman–Crippen LogP) is 5.36. The van der Waals surface area contributed by atoms with Crippen molar-refractivity contribution in [3.63, 3.8) is 0 Å². The van der Waals surface area contributed by atoms with Crippen molar-refractivity contribution in [2.24, 2.45) is 0 Å². The summed E-state index contributed by atoms with van der Waals surface area (Å²) in [5.41, 5.74) is 3.36. The minimum Gasteiger partial charge on any atom is -0.491 e. The van der Waals surface area contributed by atoms with Gasteiger partial charge in [-0.15, -0.1) is 0 Å². The Morgan fingerprint density at radius 3 is 2.25 bits per heavy atom. The number of carbonyl (C=O) groups is 1. The molecule has 0 saturated carbocycles. The zero-order valence-electron chi connectivity index (χ0n) is 17.4. The molecule has 1 heterocycles. The summed E-state index contributed by atoms with van der Waals surface area (Å²) in [4.78, 5) is 14.2. The average Bonchev–Trinajstić information content (AvgIpc) is 3.10. The standard InChI is InChI=1S/C24H31NO3/c1-18-7-9-19(10-8-18)16-20-11-13-22(14-12-20)27-17-21-6-5-15-25(21)23(26)28-24(2,3)4/h7-14,21H,5-6,15-17H2,1-4H3. The second-order valence-corrected chi connectivity index (χ2v) is 8.59. The van der Waals surface area contributed by atoms with Gasteiger partial charge in [-0.25, -0.2) is 4.79 Å². The third-order valence-corrected chi connectivity index (χ3v) is 4.90. The second kappa shape index (κ2) is 8.68. The molecule has 2 aromatic rings. The summed E-state index contributed by atoms with van der Waals surface area (Å²) in [5, 5.41) is 0. The van der Waals surface area contributed by atoms with E-state index < -0.39 is 5.60 Å². The Balaban J connectivity index is 1.52. The molecule has 0 N–H and O–H groups in total. The number of aryl methyl sites for hydroxylation is 1. The van der Waals surface area contributed by atoms with Gasteiger partial charge in [-0.3, -0.25) is 0 Å². The van der Waals surface area contributed by atoms with Gasteiger partial charge in [-0.05, 0) is 70.2 Å². The van der Waals surface area contributed by atoms with Crippen LogP contribution >= 0.6 is 0 Å². The third-order valence-electron chi connectivity index (χ3n) is 4.90. The third kappa shape index (κ3) is 5.75. The summed E-state index contributed by atoms with van der Waals surface area (Å²) in [6.07, 6.45) is 2.61. The highest BCUT2D eigenvalue weighted by atomic mass is 16.6. The molecule has 1 saturated heterocycles. The van der Waals surface area contributed by atoms with E-state index in [1.54, 1.807) is 4.90 Å². The lowest BCUT2D eigenvalue weighted by Crippen LogP contribution is -2.42. The maximum absolute atomic E-state index is 12.4. The van der Waals surface area contributed by atoms with Gasteiger partial charge in [0.15, 0.2) is 0 Å². The number of ether oxygens (including phenoxy) is 2. The highest BCUT2D eigenvalue weighted by molar-refractivity contribution is 5.69. The fourth-order valence-electron chi connectivity index (χ4n) is 3.41. The summed E-state index contributed by atoms with van der Waals surface area (Å²) in [6, 6.07) is 16.9. The molecule has 3 rings (SSSR count). The molecule has 1 aliphatic rings. The Morgan fingerprint density at radius 1 is 1.04 bits per heavy atom. The summed E-state index contributed by atoms with van der Waals surface area (Å²) in [5.74, 6) is 0.837. The van der Waals surface area contributed by atoms with Crippen molar-refractivity contribution in [2.45, 2.75) is 58.6 Å². The van der Waals surface area contributed by atoms with Crippen molar-refractivity contribution in [1.82, 2.24) is 4.90 Å². The van der Waals surface area contributed by atoms with Crippen LogP contribution in [-0.4, -0.2) is 35.8 Å². The molecule has 0 radical (unpaired) electrons. The van der Waals surface area contributed by atoms with Gasteiger partial charge >= 0.3 is 6.09 Å². The monoisotopic (exact) mass is 381 g/mol. The highest BCUT2D eigenvalue weighted by Crippen LogP contribution is 2.22. The molecule has 1 fully saturated rings. The lowest BCUT2D eigenvalue weighted by Gasteiger charge is -2.28. The van der Waals surface area contributed by atoms with E-state index in [1.807, 2.05) is 32.9 Å². The van der Waals surface area contributed by atoms with E-state index in [1.165, 1.54) is 16.7 Å². The molecule has 0 aliphatic carbocycles. The van der Waals surface area contributed by atoms with Crippen LogP contribution < -0.4 is 4.74 Å². The van der Waals surface area contributed by atoms with Crippen LogP contribution in [0, 0.1) is 6.92 Å². The highest BCUT2D eigenvalue weighted by Gasteiger charge is 2.32. The van der Waals surface area contributed by atoms with E-state index in [4.69, 9.17) is 9.47 Å². The van der Waals surface area contributed by atoms with Crippen molar-refractivity contribution in [2.75, 3.05) is 13.2 Å². The van der Waals surface area contributed by atoms with Gasteiger partial charge < -0.3 is 14.4 Å². The topological polar surface area (TPSA) is 38.8 Å². The number of hydrogen-bond donors (Lipinski definition) is 0. The molecule has 4 heteroatoms.